The summed E-state index contributed by atoms with van der Waals surface area (Å²) in [5.41, 5.74) is -1.63. The third kappa shape index (κ3) is 8.73. The number of amides is 5. The normalized spacial score (nSPS) is 22.6. The number of hydrogen-bond donors (Lipinski definition) is 2. The van der Waals surface area contributed by atoms with Crippen molar-refractivity contribution in [3.05, 3.63) is 67.3 Å². The first-order chi connectivity index (χ1) is 26.7. The Labute approximate surface area is 334 Å². The molecule has 3 aromatic rings. The highest BCUT2D eigenvalue weighted by molar-refractivity contribution is 7.91. The lowest BCUT2D eigenvalue weighted by molar-refractivity contribution is -0.142. The molecule has 6 rings (SSSR count). The van der Waals surface area contributed by atoms with Gasteiger partial charge in [0.2, 0.25) is 10.0 Å². The smallest absolute Gasteiger partial charge is 0.408 e. The van der Waals surface area contributed by atoms with Gasteiger partial charge in [-0.05, 0) is 64.5 Å². The molecule has 0 spiro atoms. The fourth-order valence-corrected chi connectivity index (χ4v) is 8.68. The first kappa shape index (κ1) is 41.5. The molecule has 1 aromatic heterocycles. The van der Waals surface area contributed by atoms with Gasteiger partial charge in [-0.2, -0.15) is 0 Å². The summed E-state index contributed by atoms with van der Waals surface area (Å²) in [6.45, 7) is 15.8. The second-order valence-electron chi connectivity index (χ2n) is 17.3. The summed E-state index contributed by atoms with van der Waals surface area (Å²) >= 11 is 0. The fourth-order valence-electron chi connectivity index (χ4n) is 7.32. The molecule has 0 radical (unpaired) electrons. The van der Waals surface area contributed by atoms with Crippen LogP contribution in [-0.2, 0) is 24.3 Å². The average molecular weight is 804 g/mol. The number of aromatic nitrogens is 1. The second-order valence-corrected chi connectivity index (χ2v) is 19.2. The van der Waals surface area contributed by atoms with Crippen LogP contribution in [0.5, 0.6) is 11.5 Å². The maximum absolute atomic E-state index is 15.1. The number of rotatable bonds is 11. The van der Waals surface area contributed by atoms with E-state index < -0.39 is 79.9 Å². The number of hydrogen-bond acceptors (Lipinski definition) is 10. The van der Waals surface area contributed by atoms with Gasteiger partial charge in [0.1, 0.15) is 34.8 Å². The van der Waals surface area contributed by atoms with Crippen LogP contribution >= 0.6 is 0 Å². The summed E-state index contributed by atoms with van der Waals surface area (Å²) in [6.07, 6.45) is 1.10. The van der Waals surface area contributed by atoms with E-state index in [1.54, 1.807) is 48.7 Å². The topological polar surface area (TPSA) is 174 Å². The number of carbonyl (C=O) groups is 4. The number of nitrogens with zero attached hydrogens (tertiary/aromatic N) is 3. The van der Waals surface area contributed by atoms with Crippen molar-refractivity contribution in [2.24, 2.45) is 11.3 Å². The Hall–Kier alpha value is -5.18. The van der Waals surface area contributed by atoms with Crippen molar-refractivity contribution in [2.45, 2.75) is 109 Å². The zero-order chi connectivity index (χ0) is 41.7. The monoisotopic (exact) mass is 803 g/mol. The van der Waals surface area contributed by atoms with E-state index in [1.165, 1.54) is 11.0 Å². The van der Waals surface area contributed by atoms with Crippen LogP contribution in [0.3, 0.4) is 0 Å². The van der Waals surface area contributed by atoms with Crippen molar-refractivity contribution in [1.29, 1.82) is 0 Å². The Kier molecular flexibility index (Phi) is 11.1. The van der Waals surface area contributed by atoms with E-state index in [4.69, 9.17) is 19.2 Å². The molecule has 2 N–H and O–H groups in total. The molecule has 2 saturated carbocycles. The van der Waals surface area contributed by atoms with Crippen LogP contribution in [0.2, 0.25) is 0 Å². The maximum Gasteiger partial charge on any atom is 0.408 e. The van der Waals surface area contributed by atoms with E-state index in [1.807, 2.05) is 61.5 Å². The summed E-state index contributed by atoms with van der Waals surface area (Å²) in [7, 11) is -2.49. The van der Waals surface area contributed by atoms with Gasteiger partial charge in [0.05, 0.1) is 30.1 Å². The highest BCUT2D eigenvalue weighted by Gasteiger charge is 2.68. The molecule has 3 fully saturated rings. The van der Waals surface area contributed by atoms with Gasteiger partial charge in [-0.15, -0.1) is 6.58 Å². The Morgan fingerprint density at radius 2 is 1.72 bits per heavy atom. The molecule has 5 atom stereocenters. The number of imide groups is 1. The molecule has 2 aromatic carbocycles. The van der Waals surface area contributed by atoms with E-state index in [2.05, 4.69) is 16.6 Å². The van der Waals surface area contributed by atoms with E-state index >= 15 is 4.79 Å². The van der Waals surface area contributed by atoms with Crippen molar-refractivity contribution in [3.63, 3.8) is 0 Å². The standard InChI is InChI=1S/C42H53N5O9S/c1-10-27-23-42(27,37(49)45-57(52,53)30-17-18-30)47(36(48)35(40(3,4)5)44-38(50)56-41(6,7)8)39(51)46-24-29(20-25(46)2)55-34-22-32(26-14-12-11-13-15-26)43-33-21-28(54-9)16-19-31(33)34/h10-16,19,21-22,25,27,29-30,35H,1,17-18,20,23-24H2,2-9H3,(H,44,50)(H,45,49)/t25?,27-,29+,35+,42-/m0/s1. The van der Waals surface area contributed by atoms with Crippen LogP contribution in [0.15, 0.2) is 67.3 Å². The molecule has 14 nitrogen and oxygen atoms in total. The lowest BCUT2D eigenvalue weighted by Gasteiger charge is -2.40. The van der Waals surface area contributed by atoms with Gasteiger partial charge in [-0.25, -0.2) is 27.9 Å². The summed E-state index contributed by atoms with van der Waals surface area (Å²) in [6, 6.07) is 14.3. The van der Waals surface area contributed by atoms with Crippen LogP contribution < -0.4 is 19.5 Å². The molecule has 2 heterocycles. The second kappa shape index (κ2) is 15.3. The molecule has 2 aliphatic carbocycles. The number of likely N-dealkylation sites (tertiary alicyclic amines) is 1. The summed E-state index contributed by atoms with van der Waals surface area (Å²) < 4.78 is 46.1. The van der Waals surface area contributed by atoms with Gasteiger partial charge < -0.3 is 24.4 Å². The van der Waals surface area contributed by atoms with Crippen molar-refractivity contribution < 1.29 is 41.8 Å². The van der Waals surface area contributed by atoms with Crippen LogP contribution in [0, 0.1) is 11.3 Å². The molecule has 3 aliphatic rings. The number of ether oxygens (including phenoxy) is 3. The van der Waals surface area contributed by atoms with Gasteiger partial charge in [0, 0.05) is 41.5 Å². The van der Waals surface area contributed by atoms with E-state index in [-0.39, 0.29) is 13.0 Å². The molecule has 1 unspecified atom stereocenters. The number of carbonyl (C=O) groups excluding carboxylic acids is 4. The van der Waals surface area contributed by atoms with E-state index in [0.717, 1.165) is 15.8 Å². The third-order valence-electron chi connectivity index (χ3n) is 10.6. The van der Waals surface area contributed by atoms with Crippen molar-refractivity contribution >= 4 is 44.9 Å². The van der Waals surface area contributed by atoms with Crippen LogP contribution in [0.1, 0.15) is 74.1 Å². The zero-order valence-corrected chi connectivity index (χ0v) is 34.6. The molecular formula is C42H53N5O9S. The number of methoxy groups -OCH3 is 1. The van der Waals surface area contributed by atoms with Gasteiger partial charge in [0.15, 0.2) is 0 Å². The molecule has 306 valence electrons. The van der Waals surface area contributed by atoms with Crippen molar-refractivity contribution in [1.82, 2.24) is 24.8 Å². The quantitative estimate of drug-likeness (QED) is 0.213. The molecule has 1 saturated heterocycles. The van der Waals surface area contributed by atoms with Crippen LogP contribution in [0.4, 0.5) is 9.59 Å². The number of urea groups is 1. The number of sulfonamides is 1. The first-order valence-corrected chi connectivity index (χ1v) is 20.8. The summed E-state index contributed by atoms with van der Waals surface area (Å²) in [4.78, 5) is 64.7. The van der Waals surface area contributed by atoms with Gasteiger partial charge in [-0.1, -0.05) is 57.2 Å². The molecule has 57 heavy (non-hydrogen) atoms. The predicted molar refractivity (Wildman–Crippen MR) is 215 cm³/mol. The molecule has 5 amide bonds. The largest absolute Gasteiger partial charge is 0.497 e. The summed E-state index contributed by atoms with van der Waals surface area (Å²) in [5, 5.41) is 2.64. The van der Waals surface area contributed by atoms with E-state index in [9.17, 15) is 22.8 Å². The van der Waals surface area contributed by atoms with Gasteiger partial charge in [0.25, 0.3) is 11.8 Å². The number of pyridine rings is 1. The zero-order valence-electron chi connectivity index (χ0n) is 33.8. The Morgan fingerprint density at radius 1 is 1.04 bits per heavy atom. The Morgan fingerprint density at radius 3 is 2.30 bits per heavy atom. The maximum atomic E-state index is 15.1. The Bertz CT molecular complexity index is 2180. The highest BCUT2D eigenvalue weighted by atomic mass is 32.2. The molecular weight excluding hydrogens is 751 g/mol. The molecule has 15 heteroatoms. The highest BCUT2D eigenvalue weighted by Crippen LogP contribution is 2.51. The number of fused-ring (bicyclic) bond motifs is 1. The van der Waals surface area contributed by atoms with Crippen molar-refractivity contribution in [2.75, 3.05) is 13.7 Å². The fraction of sp³-hybridized carbons (Fsp3) is 0.500. The van der Waals surface area contributed by atoms with Crippen molar-refractivity contribution in [3.8, 4) is 22.8 Å². The van der Waals surface area contributed by atoms with Gasteiger partial charge >= 0.3 is 12.1 Å². The lowest BCUT2D eigenvalue weighted by atomic mass is 9.85. The first-order valence-electron chi connectivity index (χ1n) is 19.2. The Balaban J connectivity index is 1.36. The third-order valence-corrected chi connectivity index (χ3v) is 12.4. The minimum Gasteiger partial charge on any atom is -0.497 e. The van der Waals surface area contributed by atoms with Gasteiger partial charge in [-0.3, -0.25) is 14.3 Å². The molecule has 1 aliphatic heterocycles. The van der Waals surface area contributed by atoms with Crippen LogP contribution in [0.25, 0.3) is 22.2 Å². The predicted octanol–water partition coefficient (Wildman–Crippen LogP) is 6.19. The van der Waals surface area contributed by atoms with E-state index in [0.29, 0.717) is 42.0 Å². The summed E-state index contributed by atoms with van der Waals surface area (Å²) in [5.74, 6) is -1.50. The van der Waals surface area contributed by atoms with Crippen LogP contribution in [-0.4, -0.2) is 95.4 Å². The minimum atomic E-state index is -4.07. The number of benzene rings is 2. The SMILES string of the molecule is C=C[C@H]1C[C@]1(C(=O)NS(=O)(=O)C1CC1)N(C(=O)[C@@H](NC(=O)OC(C)(C)C)C(C)(C)C)C(=O)N1C[C@H](Oc2cc(-c3ccccc3)nc3cc(OC)ccc23)CC1C. The number of nitrogens with one attached hydrogen (secondary N) is 2. The number of alkyl carbamates (subject to hydrolysis) is 1. The average Bonchev–Trinajstić information content (AvgIpc) is 4.07. The minimum absolute atomic E-state index is 0.0287. The lowest BCUT2D eigenvalue weighted by Crippen LogP contribution is -2.65. The molecule has 0 bridgehead atoms.